The second-order valence-electron chi connectivity index (χ2n) is 8.39. The molecule has 0 aliphatic heterocycles. The van der Waals surface area contributed by atoms with Gasteiger partial charge in [0.2, 0.25) is 0 Å². The number of benzene rings is 1. The first kappa shape index (κ1) is 19.3. The molecule has 1 saturated carbocycles. The van der Waals surface area contributed by atoms with Crippen molar-refractivity contribution in [3.05, 3.63) is 62.0 Å². The normalized spacial score (nSPS) is 19.7. The minimum atomic E-state index is 0.108. The number of aromatic nitrogens is 2. The van der Waals surface area contributed by atoms with Crippen molar-refractivity contribution in [3.8, 4) is 0 Å². The first-order valence-electron chi connectivity index (χ1n) is 10.7. The molecule has 5 rings (SSSR count). The summed E-state index contributed by atoms with van der Waals surface area (Å²) in [6.07, 6.45) is 11.0. The van der Waals surface area contributed by atoms with Gasteiger partial charge in [-0.15, -0.1) is 11.3 Å². The van der Waals surface area contributed by atoms with Crippen LogP contribution in [0.3, 0.4) is 0 Å². The molecule has 152 valence electrons. The highest BCUT2D eigenvalue weighted by molar-refractivity contribution is 7.18. The Balaban J connectivity index is 1.36. The predicted molar refractivity (Wildman–Crippen MR) is 120 cm³/mol. The Kier molecular flexibility index (Phi) is 5.46. The van der Waals surface area contributed by atoms with Gasteiger partial charge in [-0.05, 0) is 61.8 Å². The maximum atomic E-state index is 13.2. The molecule has 1 fully saturated rings. The number of halogens is 1. The molecule has 2 heterocycles. The van der Waals surface area contributed by atoms with E-state index < -0.39 is 0 Å². The molecule has 29 heavy (non-hydrogen) atoms. The van der Waals surface area contributed by atoms with E-state index in [2.05, 4.69) is 10.3 Å². The van der Waals surface area contributed by atoms with Crippen molar-refractivity contribution in [2.45, 2.75) is 70.0 Å². The van der Waals surface area contributed by atoms with Crippen LogP contribution >= 0.6 is 22.9 Å². The van der Waals surface area contributed by atoms with Gasteiger partial charge in [0.1, 0.15) is 4.83 Å². The van der Waals surface area contributed by atoms with Crippen molar-refractivity contribution in [3.63, 3.8) is 0 Å². The van der Waals surface area contributed by atoms with Gasteiger partial charge in [0.15, 0.2) is 0 Å². The number of hydrogen-bond acceptors (Lipinski definition) is 4. The average molecular weight is 428 g/mol. The minimum absolute atomic E-state index is 0.108. The standard InChI is InChI=1S/C23H26ClN3OS/c24-16-5-3-4-15(12-16)10-11-27-14-25-22-21(23(27)28)19-9-8-18(13-20(19)29-22)26-17-6-1-2-7-17/h3-5,12,14,17-18,26H,1-2,6-11,13H2/t18-/m1/s1. The van der Waals surface area contributed by atoms with Crippen molar-refractivity contribution >= 4 is 33.2 Å². The largest absolute Gasteiger partial charge is 0.311 e. The summed E-state index contributed by atoms with van der Waals surface area (Å²) in [7, 11) is 0. The lowest BCUT2D eigenvalue weighted by Crippen LogP contribution is -2.40. The first-order chi connectivity index (χ1) is 14.2. The molecule has 0 radical (unpaired) electrons. The lowest BCUT2D eigenvalue weighted by Gasteiger charge is -2.26. The monoisotopic (exact) mass is 427 g/mol. The topological polar surface area (TPSA) is 46.9 Å². The summed E-state index contributed by atoms with van der Waals surface area (Å²) >= 11 is 7.80. The van der Waals surface area contributed by atoms with E-state index in [-0.39, 0.29) is 5.56 Å². The van der Waals surface area contributed by atoms with Gasteiger partial charge >= 0.3 is 0 Å². The van der Waals surface area contributed by atoms with E-state index in [1.807, 2.05) is 24.3 Å². The van der Waals surface area contributed by atoms with Crippen LogP contribution in [0.15, 0.2) is 35.4 Å². The molecule has 2 aliphatic rings. The Hall–Kier alpha value is -1.69. The van der Waals surface area contributed by atoms with E-state index in [1.165, 1.54) is 36.1 Å². The number of nitrogens with zero attached hydrogens (tertiary/aromatic N) is 2. The number of thiophene rings is 1. The highest BCUT2D eigenvalue weighted by atomic mass is 35.5. The number of hydrogen-bond donors (Lipinski definition) is 1. The number of nitrogens with one attached hydrogen (secondary N) is 1. The van der Waals surface area contributed by atoms with Crippen LogP contribution in [0.4, 0.5) is 0 Å². The maximum Gasteiger partial charge on any atom is 0.262 e. The number of rotatable bonds is 5. The first-order valence-corrected chi connectivity index (χ1v) is 11.9. The van der Waals surface area contributed by atoms with Crippen molar-refractivity contribution in [1.29, 1.82) is 0 Å². The fourth-order valence-electron chi connectivity index (χ4n) is 4.87. The molecule has 3 aromatic rings. The molecule has 0 saturated heterocycles. The molecule has 4 nitrogen and oxygen atoms in total. The molecule has 1 atom stereocenters. The molecular formula is C23H26ClN3OS. The van der Waals surface area contributed by atoms with E-state index in [0.717, 1.165) is 46.5 Å². The van der Waals surface area contributed by atoms with E-state index in [4.69, 9.17) is 11.6 Å². The van der Waals surface area contributed by atoms with Crippen LogP contribution in [0.1, 0.15) is 48.1 Å². The SMILES string of the molecule is O=c1c2c3c(sc2ncn1CCc1cccc(Cl)c1)C[C@H](NC1CCCC1)CC3. The van der Waals surface area contributed by atoms with Gasteiger partial charge in [0, 0.05) is 28.5 Å². The minimum Gasteiger partial charge on any atom is -0.311 e. The second kappa shape index (κ2) is 8.21. The lowest BCUT2D eigenvalue weighted by molar-refractivity contribution is 0.399. The van der Waals surface area contributed by atoms with Crippen LogP contribution in [0.5, 0.6) is 0 Å². The lowest BCUT2D eigenvalue weighted by atomic mass is 9.92. The van der Waals surface area contributed by atoms with E-state index in [0.29, 0.717) is 18.6 Å². The molecule has 0 unspecified atom stereocenters. The third-order valence-electron chi connectivity index (χ3n) is 6.39. The van der Waals surface area contributed by atoms with E-state index >= 15 is 0 Å². The Morgan fingerprint density at radius 3 is 2.90 bits per heavy atom. The Labute approximate surface area is 179 Å². The molecule has 0 amide bonds. The fraction of sp³-hybridized carbons (Fsp3) is 0.478. The zero-order valence-corrected chi connectivity index (χ0v) is 18.1. The number of aryl methyl sites for hydroxylation is 3. The van der Waals surface area contributed by atoms with Crippen LogP contribution in [0.2, 0.25) is 5.02 Å². The van der Waals surface area contributed by atoms with Gasteiger partial charge in [-0.25, -0.2) is 4.98 Å². The molecule has 2 aromatic heterocycles. The molecule has 2 aliphatic carbocycles. The van der Waals surface area contributed by atoms with Crippen LogP contribution in [0, 0.1) is 0 Å². The maximum absolute atomic E-state index is 13.2. The van der Waals surface area contributed by atoms with Gasteiger partial charge in [-0.2, -0.15) is 0 Å². The van der Waals surface area contributed by atoms with Crippen molar-refractivity contribution < 1.29 is 0 Å². The molecule has 0 bridgehead atoms. The summed E-state index contributed by atoms with van der Waals surface area (Å²) in [6, 6.07) is 9.07. The molecule has 1 N–H and O–H groups in total. The third kappa shape index (κ3) is 4.00. The van der Waals surface area contributed by atoms with Crippen molar-refractivity contribution in [2.75, 3.05) is 0 Å². The van der Waals surface area contributed by atoms with Gasteiger partial charge in [-0.3, -0.25) is 9.36 Å². The van der Waals surface area contributed by atoms with E-state index in [1.54, 1.807) is 22.2 Å². The second-order valence-corrected chi connectivity index (χ2v) is 9.91. The van der Waals surface area contributed by atoms with Crippen molar-refractivity contribution in [2.24, 2.45) is 0 Å². The number of fused-ring (bicyclic) bond motifs is 3. The summed E-state index contributed by atoms with van der Waals surface area (Å²) in [5, 5.41) is 5.46. The van der Waals surface area contributed by atoms with E-state index in [9.17, 15) is 4.79 Å². The van der Waals surface area contributed by atoms with Crippen molar-refractivity contribution in [1.82, 2.24) is 14.9 Å². The average Bonchev–Trinajstić information content (AvgIpc) is 3.35. The van der Waals surface area contributed by atoms with Crippen LogP contribution in [-0.4, -0.2) is 21.6 Å². The predicted octanol–water partition coefficient (Wildman–Crippen LogP) is 4.74. The molecular weight excluding hydrogens is 402 g/mol. The quantitative estimate of drug-likeness (QED) is 0.639. The summed E-state index contributed by atoms with van der Waals surface area (Å²) in [5.41, 5.74) is 2.50. The summed E-state index contributed by atoms with van der Waals surface area (Å²) in [5.74, 6) is 0. The van der Waals surface area contributed by atoms with Crippen LogP contribution in [-0.2, 0) is 25.8 Å². The zero-order valence-electron chi connectivity index (χ0n) is 16.5. The molecule has 0 spiro atoms. The Bertz CT molecular complexity index is 1080. The zero-order chi connectivity index (χ0) is 19.8. The highest BCUT2D eigenvalue weighted by Crippen LogP contribution is 2.34. The van der Waals surface area contributed by atoms with Gasteiger partial charge in [0.05, 0.1) is 11.7 Å². The third-order valence-corrected chi connectivity index (χ3v) is 7.79. The fourth-order valence-corrected chi connectivity index (χ4v) is 6.34. The van der Waals surface area contributed by atoms with Gasteiger partial charge < -0.3 is 5.32 Å². The summed E-state index contributed by atoms with van der Waals surface area (Å²) in [6.45, 7) is 0.624. The van der Waals surface area contributed by atoms with Crippen LogP contribution < -0.4 is 10.9 Å². The smallest absolute Gasteiger partial charge is 0.262 e. The molecule has 6 heteroatoms. The molecule has 1 aromatic carbocycles. The van der Waals surface area contributed by atoms with Gasteiger partial charge in [0.25, 0.3) is 5.56 Å². The summed E-state index contributed by atoms with van der Waals surface area (Å²) < 4.78 is 1.76. The highest BCUT2D eigenvalue weighted by Gasteiger charge is 2.27. The van der Waals surface area contributed by atoms with Crippen LogP contribution in [0.25, 0.3) is 10.2 Å². The Morgan fingerprint density at radius 1 is 1.21 bits per heavy atom. The Morgan fingerprint density at radius 2 is 2.07 bits per heavy atom. The van der Waals surface area contributed by atoms with Gasteiger partial charge in [-0.1, -0.05) is 36.6 Å². The summed E-state index contributed by atoms with van der Waals surface area (Å²) in [4.78, 5) is 20.1.